The van der Waals surface area contributed by atoms with Crippen LogP contribution >= 0.6 is 11.3 Å². The Morgan fingerprint density at radius 3 is 3.17 bits per heavy atom. The number of aliphatic hydroxyl groups is 1. The number of ether oxygens (including phenoxy) is 1. The van der Waals surface area contributed by atoms with Gasteiger partial charge in [-0.1, -0.05) is 0 Å². The highest BCUT2D eigenvalue weighted by atomic mass is 32.1. The van der Waals surface area contributed by atoms with Gasteiger partial charge in [0.1, 0.15) is 0 Å². The number of aromatic nitrogens is 1. The number of hydrogen-bond acceptors (Lipinski definition) is 6. The third-order valence-corrected chi connectivity index (χ3v) is 3.75. The smallest absolute Gasteiger partial charge is 0.309 e. The summed E-state index contributed by atoms with van der Waals surface area (Å²) >= 11 is 1.43. The number of carboxylic acids is 1. The van der Waals surface area contributed by atoms with Crippen LogP contribution < -0.4 is 4.90 Å². The van der Waals surface area contributed by atoms with Crippen molar-refractivity contribution in [2.75, 3.05) is 24.7 Å². The molecular weight excluding hydrogens is 256 g/mol. The maximum absolute atomic E-state index is 10.6. The zero-order valence-electron chi connectivity index (χ0n) is 10.1. The van der Waals surface area contributed by atoms with Crippen LogP contribution in [0, 0.1) is 0 Å². The molecule has 2 N–H and O–H groups in total. The first-order valence-corrected chi connectivity index (χ1v) is 6.63. The Morgan fingerprint density at radius 2 is 2.50 bits per heavy atom. The summed E-state index contributed by atoms with van der Waals surface area (Å²) in [6.07, 6.45) is -0.258. The van der Waals surface area contributed by atoms with Crippen molar-refractivity contribution in [3.63, 3.8) is 0 Å². The zero-order chi connectivity index (χ0) is 13.1. The number of hydrogen-bond donors (Lipinski definition) is 2. The molecule has 1 saturated heterocycles. The molecule has 7 heteroatoms. The van der Waals surface area contributed by atoms with Gasteiger partial charge in [-0.25, -0.2) is 4.98 Å². The zero-order valence-corrected chi connectivity index (χ0v) is 10.9. The van der Waals surface area contributed by atoms with Gasteiger partial charge in [0.2, 0.25) is 0 Å². The van der Waals surface area contributed by atoms with E-state index in [9.17, 15) is 4.79 Å². The van der Waals surface area contributed by atoms with E-state index >= 15 is 0 Å². The monoisotopic (exact) mass is 272 g/mol. The molecule has 6 nitrogen and oxygen atoms in total. The highest BCUT2D eigenvalue weighted by Gasteiger charge is 2.27. The summed E-state index contributed by atoms with van der Waals surface area (Å²) in [5, 5.41) is 20.4. The second kappa shape index (κ2) is 5.64. The summed E-state index contributed by atoms with van der Waals surface area (Å²) < 4.78 is 5.45. The van der Waals surface area contributed by atoms with Crippen molar-refractivity contribution < 1.29 is 19.7 Å². The Bertz CT molecular complexity index is 423. The van der Waals surface area contributed by atoms with Gasteiger partial charge in [0.05, 0.1) is 37.5 Å². The van der Waals surface area contributed by atoms with E-state index in [0.717, 1.165) is 5.13 Å². The summed E-state index contributed by atoms with van der Waals surface area (Å²) in [7, 11) is 0. The molecular formula is C11H16N2O4S. The van der Waals surface area contributed by atoms with Crippen LogP contribution in [0.1, 0.15) is 12.6 Å². The molecule has 2 heterocycles. The molecule has 0 aromatic carbocycles. The Balaban J connectivity index is 2.09. The van der Waals surface area contributed by atoms with E-state index in [0.29, 0.717) is 18.8 Å². The van der Waals surface area contributed by atoms with E-state index in [1.165, 1.54) is 11.3 Å². The van der Waals surface area contributed by atoms with Crippen molar-refractivity contribution in [2.24, 2.45) is 0 Å². The average Bonchev–Trinajstić information content (AvgIpc) is 2.77. The quantitative estimate of drug-likeness (QED) is 0.823. The Hall–Kier alpha value is -1.18. The van der Waals surface area contributed by atoms with Crippen molar-refractivity contribution in [2.45, 2.75) is 25.5 Å². The fourth-order valence-corrected chi connectivity index (χ4v) is 2.80. The molecule has 1 aromatic rings. The van der Waals surface area contributed by atoms with Crippen molar-refractivity contribution in [1.29, 1.82) is 0 Å². The van der Waals surface area contributed by atoms with E-state index in [4.69, 9.17) is 14.9 Å². The predicted molar refractivity (Wildman–Crippen MR) is 67.1 cm³/mol. The summed E-state index contributed by atoms with van der Waals surface area (Å²) in [5.41, 5.74) is 0.571. The van der Waals surface area contributed by atoms with Crippen LogP contribution in [-0.2, 0) is 16.0 Å². The molecule has 0 amide bonds. The molecule has 0 aliphatic carbocycles. The Labute approximate surface area is 109 Å². The lowest BCUT2D eigenvalue weighted by Gasteiger charge is -2.37. The van der Waals surface area contributed by atoms with Gasteiger partial charge in [-0.05, 0) is 6.92 Å². The van der Waals surface area contributed by atoms with E-state index < -0.39 is 5.97 Å². The maximum atomic E-state index is 10.6. The molecule has 0 bridgehead atoms. The van der Waals surface area contributed by atoms with E-state index in [1.54, 1.807) is 5.38 Å². The average molecular weight is 272 g/mol. The molecule has 1 aliphatic heterocycles. The van der Waals surface area contributed by atoms with Gasteiger partial charge in [-0.3, -0.25) is 4.79 Å². The molecule has 18 heavy (non-hydrogen) atoms. The number of aliphatic hydroxyl groups excluding tert-OH is 1. The van der Waals surface area contributed by atoms with Crippen molar-refractivity contribution in [3.8, 4) is 0 Å². The number of thiazole rings is 1. The number of rotatable bonds is 4. The Kier molecular flexibility index (Phi) is 4.15. The lowest BCUT2D eigenvalue weighted by molar-refractivity contribution is -0.136. The van der Waals surface area contributed by atoms with E-state index in [2.05, 4.69) is 9.88 Å². The standard InChI is InChI=1S/C11H16N2O4S/c1-7-5-17-9(4-14)3-13(7)11-12-8(6-18-11)2-10(15)16/h6-7,9,14H,2-5H2,1H3,(H,15,16). The summed E-state index contributed by atoms with van der Waals surface area (Å²) in [5.74, 6) is -0.880. The topological polar surface area (TPSA) is 82.9 Å². The number of anilines is 1. The minimum absolute atomic E-state index is 0.0173. The molecule has 2 atom stereocenters. The second-order valence-electron chi connectivity index (χ2n) is 4.33. The third-order valence-electron chi connectivity index (χ3n) is 2.83. The van der Waals surface area contributed by atoms with Crippen LogP contribution in [0.2, 0.25) is 0 Å². The summed E-state index contributed by atoms with van der Waals surface area (Å²) in [6, 6.07) is 0.177. The van der Waals surface area contributed by atoms with E-state index in [-0.39, 0.29) is 25.2 Å². The van der Waals surface area contributed by atoms with Crippen molar-refractivity contribution in [3.05, 3.63) is 11.1 Å². The number of carboxylic acid groups (broad SMARTS) is 1. The fraction of sp³-hybridized carbons (Fsp3) is 0.636. The Morgan fingerprint density at radius 1 is 1.72 bits per heavy atom. The third kappa shape index (κ3) is 2.98. The van der Waals surface area contributed by atoms with Crippen LogP contribution in [0.3, 0.4) is 0 Å². The molecule has 100 valence electrons. The molecule has 1 fully saturated rings. The van der Waals surface area contributed by atoms with Crippen LogP contribution in [0.4, 0.5) is 5.13 Å². The van der Waals surface area contributed by atoms with Crippen LogP contribution in [-0.4, -0.2) is 53.1 Å². The predicted octanol–water partition coefficient (Wildman–Crippen LogP) is 0.356. The first kappa shape index (κ1) is 13.3. The molecule has 0 saturated carbocycles. The largest absolute Gasteiger partial charge is 0.481 e. The molecule has 1 aliphatic rings. The number of nitrogens with zero attached hydrogens (tertiary/aromatic N) is 2. The van der Waals surface area contributed by atoms with Gasteiger partial charge in [0.25, 0.3) is 0 Å². The second-order valence-corrected chi connectivity index (χ2v) is 5.17. The first-order chi connectivity index (χ1) is 8.60. The molecule has 0 spiro atoms. The molecule has 0 radical (unpaired) electrons. The van der Waals surface area contributed by atoms with Gasteiger partial charge in [0, 0.05) is 11.9 Å². The van der Waals surface area contributed by atoms with Crippen molar-refractivity contribution >= 4 is 22.4 Å². The van der Waals surface area contributed by atoms with Gasteiger partial charge >= 0.3 is 5.97 Å². The highest BCUT2D eigenvalue weighted by molar-refractivity contribution is 7.13. The van der Waals surface area contributed by atoms with Crippen molar-refractivity contribution in [1.82, 2.24) is 4.98 Å². The van der Waals surface area contributed by atoms with Gasteiger partial charge < -0.3 is 19.8 Å². The first-order valence-electron chi connectivity index (χ1n) is 5.75. The van der Waals surface area contributed by atoms with Gasteiger partial charge in [0.15, 0.2) is 5.13 Å². The van der Waals surface area contributed by atoms with Crippen LogP contribution in [0.15, 0.2) is 5.38 Å². The SMILES string of the molecule is CC1COC(CO)CN1c1nc(CC(=O)O)cs1. The van der Waals surface area contributed by atoms with Crippen LogP contribution in [0.5, 0.6) is 0 Å². The number of morpholine rings is 1. The lowest BCUT2D eigenvalue weighted by Crippen LogP contribution is -2.49. The van der Waals surface area contributed by atoms with E-state index in [1.807, 2.05) is 6.92 Å². The number of carbonyl (C=O) groups is 1. The maximum Gasteiger partial charge on any atom is 0.309 e. The molecule has 2 unspecified atom stereocenters. The molecule has 1 aromatic heterocycles. The minimum atomic E-state index is -0.880. The van der Waals surface area contributed by atoms with Gasteiger partial charge in [-0.15, -0.1) is 11.3 Å². The van der Waals surface area contributed by atoms with Crippen LogP contribution in [0.25, 0.3) is 0 Å². The summed E-state index contributed by atoms with van der Waals surface area (Å²) in [6.45, 7) is 3.12. The fourth-order valence-electron chi connectivity index (χ4n) is 1.86. The summed E-state index contributed by atoms with van der Waals surface area (Å²) in [4.78, 5) is 17.0. The normalized spacial score (nSPS) is 24.2. The van der Waals surface area contributed by atoms with Gasteiger partial charge in [-0.2, -0.15) is 0 Å². The highest BCUT2D eigenvalue weighted by Crippen LogP contribution is 2.25. The molecule has 2 rings (SSSR count). The lowest BCUT2D eigenvalue weighted by atomic mass is 10.2. The number of aliphatic carboxylic acids is 1. The minimum Gasteiger partial charge on any atom is -0.481 e.